The maximum absolute atomic E-state index is 14.9. The first-order valence-electron chi connectivity index (χ1n) is 11.1. The molecular weight excluding hydrogens is 427 g/mol. The van der Waals surface area contributed by atoms with Crippen LogP contribution < -0.4 is 11.1 Å². The van der Waals surface area contributed by atoms with Gasteiger partial charge in [0.2, 0.25) is 11.8 Å². The molecule has 0 aliphatic rings. The first-order valence-corrected chi connectivity index (χ1v) is 11.1. The van der Waals surface area contributed by atoms with E-state index in [1.807, 2.05) is 67.6 Å². The Morgan fingerprint density at radius 1 is 0.824 bits per heavy atom. The lowest BCUT2D eigenvalue weighted by molar-refractivity contribution is -0.117. The van der Waals surface area contributed by atoms with Crippen molar-refractivity contribution in [2.24, 2.45) is 5.73 Å². The van der Waals surface area contributed by atoms with E-state index in [0.29, 0.717) is 28.8 Å². The van der Waals surface area contributed by atoms with Crippen molar-refractivity contribution in [2.75, 3.05) is 5.32 Å². The molecule has 0 bridgehead atoms. The molecule has 0 aliphatic heterocycles. The van der Waals surface area contributed by atoms with Gasteiger partial charge in [-0.2, -0.15) is 0 Å². The van der Waals surface area contributed by atoms with Gasteiger partial charge in [-0.1, -0.05) is 85.8 Å². The zero-order chi connectivity index (χ0) is 24.1. The summed E-state index contributed by atoms with van der Waals surface area (Å²) in [6.45, 7) is 1.95. The Morgan fingerprint density at radius 3 is 2.09 bits per heavy atom. The molecule has 4 aromatic rings. The van der Waals surface area contributed by atoms with Crippen molar-refractivity contribution in [2.45, 2.75) is 19.3 Å². The molecule has 0 saturated carbocycles. The van der Waals surface area contributed by atoms with Crippen molar-refractivity contribution in [3.05, 3.63) is 114 Å². The van der Waals surface area contributed by atoms with Crippen molar-refractivity contribution in [1.82, 2.24) is 0 Å². The van der Waals surface area contributed by atoms with Crippen LogP contribution >= 0.6 is 0 Å². The van der Waals surface area contributed by atoms with Crippen molar-refractivity contribution < 1.29 is 14.0 Å². The number of carbonyl (C=O) groups excluding carboxylic acids is 2. The lowest BCUT2D eigenvalue weighted by Crippen LogP contribution is -2.21. The second-order valence-corrected chi connectivity index (χ2v) is 8.05. The van der Waals surface area contributed by atoms with E-state index in [1.54, 1.807) is 24.3 Å². The third kappa shape index (κ3) is 4.89. The number of primary amides is 1. The maximum atomic E-state index is 14.9. The smallest absolute Gasteiger partial charge is 0.249 e. The van der Waals surface area contributed by atoms with E-state index < -0.39 is 11.7 Å². The van der Waals surface area contributed by atoms with Crippen molar-refractivity contribution in [3.63, 3.8) is 0 Å². The SMILES string of the molecule is CCC(C(=O)Nc1ccc(-c2ccc(-c3ccccc3)c(F)c2)c(C(N)=O)c1)c1ccccc1. The second kappa shape index (κ2) is 10.1. The van der Waals surface area contributed by atoms with Crippen LogP contribution in [0.15, 0.2) is 97.1 Å². The molecule has 4 rings (SSSR count). The van der Waals surface area contributed by atoms with Gasteiger partial charge in [0.1, 0.15) is 5.82 Å². The molecule has 0 aromatic heterocycles. The highest BCUT2D eigenvalue weighted by Gasteiger charge is 2.20. The van der Waals surface area contributed by atoms with Gasteiger partial charge in [0.05, 0.1) is 5.92 Å². The van der Waals surface area contributed by atoms with Gasteiger partial charge in [0.15, 0.2) is 0 Å². The molecule has 1 atom stereocenters. The van der Waals surface area contributed by atoms with Gasteiger partial charge in [-0.25, -0.2) is 4.39 Å². The summed E-state index contributed by atoms with van der Waals surface area (Å²) in [6, 6.07) is 28.5. The monoisotopic (exact) mass is 452 g/mol. The van der Waals surface area contributed by atoms with Gasteiger partial charge in [0, 0.05) is 16.8 Å². The minimum Gasteiger partial charge on any atom is -0.366 e. The summed E-state index contributed by atoms with van der Waals surface area (Å²) in [5.74, 6) is -1.55. The van der Waals surface area contributed by atoms with Gasteiger partial charge in [-0.3, -0.25) is 9.59 Å². The number of benzene rings is 4. The molecule has 0 heterocycles. The van der Waals surface area contributed by atoms with Crippen molar-refractivity contribution in [1.29, 1.82) is 0 Å². The minimum absolute atomic E-state index is 0.171. The minimum atomic E-state index is -0.659. The third-order valence-electron chi connectivity index (χ3n) is 5.84. The Kier molecular flexibility index (Phi) is 6.83. The summed E-state index contributed by atoms with van der Waals surface area (Å²) in [6.07, 6.45) is 0.629. The highest BCUT2D eigenvalue weighted by Crippen LogP contribution is 2.31. The number of rotatable bonds is 7. The maximum Gasteiger partial charge on any atom is 0.249 e. The van der Waals surface area contributed by atoms with Crippen LogP contribution in [-0.4, -0.2) is 11.8 Å². The van der Waals surface area contributed by atoms with Crippen LogP contribution in [-0.2, 0) is 4.79 Å². The Hall–Kier alpha value is -4.25. The average molecular weight is 453 g/mol. The number of hydrogen-bond donors (Lipinski definition) is 2. The van der Waals surface area contributed by atoms with E-state index >= 15 is 0 Å². The van der Waals surface area contributed by atoms with E-state index in [4.69, 9.17) is 5.73 Å². The number of carbonyl (C=O) groups is 2. The van der Waals surface area contributed by atoms with Crippen LogP contribution in [0.25, 0.3) is 22.3 Å². The Bertz CT molecular complexity index is 1320. The molecule has 0 radical (unpaired) electrons. The predicted octanol–water partition coefficient (Wildman–Crippen LogP) is 6.39. The number of hydrogen-bond acceptors (Lipinski definition) is 2. The number of halogens is 1. The quantitative estimate of drug-likeness (QED) is 0.341. The molecule has 3 N–H and O–H groups in total. The first-order chi connectivity index (χ1) is 16.5. The fraction of sp³-hybridized carbons (Fsp3) is 0.103. The Balaban J connectivity index is 1.63. The standard InChI is InChI=1S/C29H25FN2O2/c1-2-23(19-9-5-3-6-10-19)29(34)32-22-14-16-24(26(18-22)28(31)33)21-13-15-25(27(30)17-21)20-11-7-4-8-12-20/h3-18,23H,2H2,1H3,(H2,31,33)(H,32,34). The van der Waals surface area contributed by atoms with Gasteiger partial charge in [-0.05, 0) is 46.9 Å². The molecule has 1 unspecified atom stereocenters. The predicted molar refractivity (Wildman–Crippen MR) is 134 cm³/mol. The van der Waals surface area contributed by atoms with Gasteiger partial charge in [-0.15, -0.1) is 0 Å². The van der Waals surface area contributed by atoms with Crippen molar-refractivity contribution >= 4 is 17.5 Å². The van der Waals surface area contributed by atoms with E-state index in [1.165, 1.54) is 12.1 Å². The highest BCUT2D eigenvalue weighted by atomic mass is 19.1. The van der Waals surface area contributed by atoms with Gasteiger partial charge >= 0.3 is 0 Å². The Labute approximate surface area is 198 Å². The average Bonchev–Trinajstić information content (AvgIpc) is 2.85. The first kappa shape index (κ1) is 22.9. The molecule has 34 heavy (non-hydrogen) atoms. The number of nitrogens with two attached hydrogens (primary N) is 1. The fourth-order valence-corrected chi connectivity index (χ4v) is 4.10. The van der Waals surface area contributed by atoms with Crippen molar-refractivity contribution in [3.8, 4) is 22.3 Å². The third-order valence-corrected chi connectivity index (χ3v) is 5.84. The number of nitrogens with one attached hydrogen (secondary N) is 1. The number of anilines is 1. The summed E-state index contributed by atoms with van der Waals surface area (Å²) in [7, 11) is 0. The van der Waals surface area contributed by atoms with Crippen LogP contribution in [0.2, 0.25) is 0 Å². The number of amides is 2. The zero-order valence-corrected chi connectivity index (χ0v) is 18.8. The molecule has 0 spiro atoms. The van der Waals surface area contributed by atoms with E-state index in [9.17, 15) is 14.0 Å². The fourth-order valence-electron chi connectivity index (χ4n) is 4.10. The van der Waals surface area contributed by atoms with Crippen LogP contribution in [0.5, 0.6) is 0 Å². The zero-order valence-electron chi connectivity index (χ0n) is 18.8. The second-order valence-electron chi connectivity index (χ2n) is 8.05. The van der Waals surface area contributed by atoms with Crippen LogP contribution in [0.1, 0.15) is 35.2 Å². The summed E-state index contributed by atoms with van der Waals surface area (Å²) < 4.78 is 14.9. The molecule has 0 fully saturated rings. The highest BCUT2D eigenvalue weighted by molar-refractivity contribution is 6.03. The summed E-state index contributed by atoms with van der Waals surface area (Å²) in [4.78, 5) is 25.2. The van der Waals surface area contributed by atoms with Gasteiger partial charge < -0.3 is 11.1 Å². The molecule has 0 saturated heterocycles. The topological polar surface area (TPSA) is 72.2 Å². The lowest BCUT2D eigenvalue weighted by atomic mass is 9.94. The van der Waals surface area contributed by atoms with E-state index in [0.717, 1.165) is 11.1 Å². The largest absolute Gasteiger partial charge is 0.366 e. The van der Waals surface area contributed by atoms with Crippen LogP contribution in [0.3, 0.4) is 0 Å². The molecule has 4 aromatic carbocycles. The summed E-state index contributed by atoms with van der Waals surface area (Å²) in [5, 5.41) is 2.89. The molecule has 5 heteroatoms. The van der Waals surface area contributed by atoms with Gasteiger partial charge in [0.25, 0.3) is 0 Å². The normalized spacial score (nSPS) is 11.6. The van der Waals surface area contributed by atoms with E-state index in [2.05, 4.69) is 5.32 Å². The summed E-state index contributed by atoms with van der Waals surface area (Å²) >= 11 is 0. The molecule has 4 nitrogen and oxygen atoms in total. The van der Waals surface area contributed by atoms with E-state index in [-0.39, 0.29) is 17.4 Å². The molecule has 2 amide bonds. The Morgan fingerprint density at radius 2 is 1.47 bits per heavy atom. The molecule has 170 valence electrons. The van der Waals surface area contributed by atoms with Crippen LogP contribution in [0.4, 0.5) is 10.1 Å². The molecule has 0 aliphatic carbocycles. The van der Waals surface area contributed by atoms with Crippen LogP contribution in [0, 0.1) is 5.82 Å². The lowest BCUT2D eigenvalue weighted by Gasteiger charge is -2.17. The molecular formula is C29H25FN2O2. The summed E-state index contributed by atoms with van der Waals surface area (Å²) in [5.41, 5.74) is 9.49.